The van der Waals surface area contributed by atoms with Gasteiger partial charge in [0.2, 0.25) is 11.8 Å². The van der Waals surface area contributed by atoms with Crippen LogP contribution in [0.3, 0.4) is 0 Å². The Morgan fingerprint density at radius 1 is 1.23 bits per heavy atom. The van der Waals surface area contributed by atoms with Gasteiger partial charge in [-0.05, 0) is 30.2 Å². The van der Waals surface area contributed by atoms with Crippen LogP contribution < -0.4 is 16.8 Å². The highest BCUT2D eigenvalue weighted by Gasteiger charge is 2.26. The molecule has 0 spiro atoms. The van der Waals surface area contributed by atoms with Crippen molar-refractivity contribution in [3.8, 4) is 11.3 Å². The molecule has 1 aliphatic heterocycles. The summed E-state index contributed by atoms with van der Waals surface area (Å²) in [4.78, 5) is 24.7. The average Bonchev–Trinajstić information content (AvgIpc) is 3.37. The predicted octanol–water partition coefficient (Wildman–Crippen LogP) is 3.34. The van der Waals surface area contributed by atoms with Crippen LogP contribution in [0.5, 0.6) is 0 Å². The third-order valence-corrected chi connectivity index (χ3v) is 5.80. The number of primary amides is 1. The number of hydrogen-bond acceptors (Lipinski definition) is 7. The van der Waals surface area contributed by atoms with Gasteiger partial charge in [-0.1, -0.05) is 50.2 Å². The SMILES string of the molecule is CC(C)(C)Cc1cc(NC(=O)Cc2ccc(-c3nn(C4CCCOC4)c(N)c3C(N)=O)cc2)on1. The van der Waals surface area contributed by atoms with E-state index < -0.39 is 5.91 Å². The van der Waals surface area contributed by atoms with Crippen molar-refractivity contribution in [1.82, 2.24) is 14.9 Å². The summed E-state index contributed by atoms with van der Waals surface area (Å²) in [5.41, 5.74) is 14.8. The van der Waals surface area contributed by atoms with Crippen molar-refractivity contribution in [2.75, 3.05) is 24.3 Å². The average molecular weight is 481 g/mol. The van der Waals surface area contributed by atoms with Gasteiger partial charge in [-0.3, -0.25) is 14.9 Å². The predicted molar refractivity (Wildman–Crippen MR) is 132 cm³/mol. The highest BCUT2D eigenvalue weighted by Crippen LogP contribution is 2.31. The molecule has 3 aromatic rings. The van der Waals surface area contributed by atoms with Crippen molar-refractivity contribution in [3.05, 3.63) is 47.2 Å². The number of nitrogens with zero attached hydrogens (tertiary/aromatic N) is 3. The minimum atomic E-state index is -0.637. The number of nitrogen functional groups attached to an aromatic ring is 1. The molecular weight excluding hydrogens is 448 g/mol. The van der Waals surface area contributed by atoms with E-state index in [1.54, 1.807) is 22.9 Å². The third kappa shape index (κ3) is 5.89. The van der Waals surface area contributed by atoms with E-state index in [-0.39, 0.29) is 35.2 Å². The highest BCUT2D eigenvalue weighted by atomic mass is 16.5. The first kappa shape index (κ1) is 24.5. The summed E-state index contributed by atoms with van der Waals surface area (Å²) in [5.74, 6) is -0.296. The molecule has 35 heavy (non-hydrogen) atoms. The smallest absolute Gasteiger partial charge is 0.254 e. The molecule has 10 heteroatoms. The Hall–Kier alpha value is -3.66. The normalized spacial score (nSPS) is 16.3. The monoisotopic (exact) mass is 480 g/mol. The van der Waals surface area contributed by atoms with E-state index in [0.29, 0.717) is 30.4 Å². The van der Waals surface area contributed by atoms with Crippen LogP contribution in [-0.4, -0.2) is 40.0 Å². The Morgan fingerprint density at radius 3 is 2.60 bits per heavy atom. The van der Waals surface area contributed by atoms with Crippen molar-refractivity contribution in [3.63, 3.8) is 0 Å². The van der Waals surface area contributed by atoms with Gasteiger partial charge in [0.15, 0.2) is 0 Å². The number of rotatable bonds is 7. The van der Waals surface area contributed by atoms with E-state index in [9.17, 15) is 9.59 Å². The van der Waals surface area contributed by atoms with E-state index in [2.05, 4.69) is 36.3 Å². The number of nitrogens with two attached hydrogens (primary N) is 2. The fraction of sp³-hybridized carbons (Fsp3) is 0.440. The molecule has 1 atom stereocenters. The number of aromatic nitrogens is 3. The lowest BCUT2D eigenvalue weighted by Gasteiger charge is -2.23. The molecule has 1 unspecified atom stereocenters. The molecular formula is C25H32N6O4. The second-order valence-corrected chi connectivity index (χ2v) is 10.1. The van der Waals surface area contributed by atoms with E-state index >= 15 is 0 Å². The molecule has 3 heterocycles. The summed E-state index contributed by atoms with van der Waals surface area (Å²) >= 11 is 0. The van der Waals surface area contributed by atoms with Crippen LogP contribution in [0.15, 0.2) is 34.9 Å². The molecule has 0 bridgehead atoms. The maximum Gasteiger partial charge on any atom is 0.254 e. The number of hydrogen-bond donors (Lipinski definition) is 3. The summed E-state index contributed by atoms with van der Waals surface area (Å²) in [6, 6.07) is 8.92. The van der Waals surface area contributed by atoms with Crippen molar-refractivity contribution >= 4 is 23.5 Å². The van der Waals surface area contributed by atoms with E-state index in [0.717, 1.165) is 30.5 Å². The van der Waals surface area contributed by atoms with Gasteiger partial charge < -0.3 is 20.7 Å². The summed E-state index contributed by atoms with van der Waals surface area (Å²) in [5, 5.41) is 11.4. The molecule has 0 aliphatic carbocycles. The first-order chi connectivity index (χ1) is 16.6. The molecule has 2 amide bonds. The van der Waals surface area contributed by atoms with Gasteiger partial charge in [-0.25, -0.2) is 4.68 Å². The quantitative estimate of drug-likeness (QED) is 0.469. The van der Waals surface area contributed by atoms with Crippen LogP contribution >= 0.6 is 0 Å². The summed E-state index contributed by atoms with van der Waals surface area (Å²) in [7, 11) is 0. The Balaban J connectivity index is 1.46. The Labute approximate surface area is 204 Å². The van der Waals surface area contributed by atoms with Crippen LogP contribution in [0, 0.1) is 5.41 Å². The number of nitrogens with one attached hydrogen (secondary N) is 1. The molecule has 0 saturated carbocycles. The van der Waals surface area contributed by atoms with Gasteiger partial charge in [0.25, 0.3) is 5.91 Å². The number of amides is 2. The molecule has 1 saturated heterocycles. The second-order valence-electron chi connectivity index (χ2n) is 10.1. The zero-order chi connectivity index (χ0) is 25.2. The number of carbonyl (C=O) groups is 2. The van der Waals surface area contributed by atoms with Gasteiger partial charge in [0.1, 0.15) is 17.1 Å². The van der Waals surface area contributed by atoms with Crippen molar-refractivity contribution in [1.29, 1.82) is 0 Å². The van der Waals surface area contributed by atoms with E-state index in [1.807, 2.05) is 12.1 Å². The van der Waals surface area contributed by atoms with Gasteiger partial charge in [0, 0.05) is 18.2 Å². The fourth-order valence-corrected chi connectivity index (χ4v) is 4.23. The first-order valence-corrected chi connectivity index (χ1v) is 11.7. The summed E-state index contributed by atoms with van der Waals surface area (Å²) < 4.78 is 12.4. The van der Waals surface area contributed by atoms with Crippen molar-refractivity contribution in [2.45, 2.75) is 52.5 Å². The van der Waals surface area contributed by atoms with Crippen LogP contribution in [0.2, 0.25) is 0 Å². The maximum absolute atomic E-state index is 12.5. The standard InChI is InChI=1S/C25H32N6O4/c1-25(2,3)13-17-12-20(35-30-17)28-19(32)11-15-6-8-16(9-7-15)22-21(24(27)33)23(26)31(29-22)18-5-4-10-34-14-18/h6-9,12,18H,4-5,10-11,13-14,26H2,1-3H3,(H2,27,33)(H,28,32). The minimum Gasteiger partial charge on any atom is -0.383 e. The minimum absolute atomic E-state index is 0.0430. The summed E-state index contributed by atoms with van der Waals surface area (Å²) in [6.45, 7) is 7.52. The molecule has 2 aromatic heterocycles. The van der Waals surface area contributed by atoms with E-state index in [4.69, 9.17) is 20.7 Å². The summed E-state index contributed by atoms with van der Waals surface area (Å²) in [6.07, 6.45) is 2.65. The number of benzene rings is 1. The molecule has 0 radical (unpaired) electrons. The highest BCUT2D eigenvalue weighted by molar-refractivity contribution is 6.03. The molecule has 1 fully saturated rings. The molecule has 4 rings (SSSR count). The van der Waals surface area contributed by atoms with Crippen LogP contribution in [0.1, 0.15) is 61.3 Å². The number of carbonyl (C=O) groups excluding carboxylic acids is 2. The molecule has 1 aromatic carbocycles. The van der Waals surface area contributed by atoms with Crippen LogP contribution in [0.25, 0.3) is 11.3 Å². The fourth-order valence-electron chi connectivity index (χ4n) is 4.23. The topological polar surface area (TPSA) is 151 Å². The van der Waals surface area contributed by atoms with Crippen molar-refractivity contribution < 1.29 is 18.8 Å². The largest absolute Gasteiger partial charge is 0.383 e. The van der Waals surface area contributed by atoms with Gasteiger partial charge in [-0.2, -0.15) is 5.10 Å². The first-order valence-electron chi connectivity index (χ1n) is 11.7. The van der Waals surface area contributed by atoms with Crippen LogP contribution in [-0.2, 0) is 22.4 Å². The zero-order valence-electron chi connectivity index (χ0n) is 20.3. The van der Waals surface area contributed by atoms with Crippen molar-refractivity contribution in [2.24, 2.45) is 11.1 Å². The lowest BCUT2D eigenvalue weighted by molar-refractivity contribution is -0.115. The molecule has 10 nitrogen and oxygen atoms in total. The molecule has 1 aliphatic rings. The van der Waals surface area contributed by atoms with E-state index in [1.165, 1.54) is 0 Å². The maximum atomic E-state index is 12.5. The lowest BCUT2D eigenvalue weighted by atomic mass is 9.91. The Bertz CT molecular complexity index is 1200. The van der Waals surface area contributed by atoms with Gasteiger partial charge >= 0.3 is 0 Å². The number of ether oxygens (including phenoxy) is 1. The Morgan fingerprint density at radius 2 is 1.97 bits per heavy atom. The zero-order valence-corrected chi connectivity index (χ0v) is 20.3. The lowest BCUT2D eigenvalue weighted by Crippen LogP contribution is -2.24. The molecule has 186 valence electrons. The van der Waals surface area contributed by atoms with Gasteiger partial charge in [0.05, 0.1) is 24.8 Å². The Kier molecular flexibility index (Phi) is 6.93. The van der Waals surface area contributed by atoms with Gasteiger partial charge in [-0.15, -0.1) is 0 Å². The number of anilines is 2. The van der Waals surface area contributed by atoms with Crippen LogP contribution in [0.4, 0.5) is 11.7 Å². The second kappa shape index (κ2) is 9.91. The third-order valence-electron chi connectivity index (χ3n) is 5.80. The molecule has 5 N–H and O–H groups in total.